The number of aryl methyl sites for hydroxylation is 1. The molecule has 29 heavy (non-hydrogen) atoms. The van der Waals surface area contributed by atoms with Crippen LogP contribution in [0.1, 0.15) is 5.69 Å². The predicted octanol–water partition coefficient (Wildman–Crippen LogP) is 5.86. The lowest BCUT2D eigenvalue weighted by Gasteiger charge is -2.12. The second-order valence-corrected chi connectivity index (χ2v) is 7.80. The lowest BCUT2D eigenvalue weighted by molar-refractivity contribution is 0.482. The monoisotopic (exact) mass is 465 g/mol. The van der Waals surface area contributed by atoms with E-state index in [1.807, 2.05) is 43.3 Å². The summed E-state index contributed by atoms with van der Waals surface area (Å²) in [6.07, 6.45) is 4.86. The van der Waals surface area contributed by atoms with E-state index in [1.165, 1.54) is 6.33 Å². The summed E-state index contributed by atoms with van der Waals surface area (Å²) in [5, 5.41) is 5.58. The molecule has 0 N–H and O–H groups in total. The third kappa shape index (κ3) is 3.32. The Morgan fingerprint density at radius 3 is 2.76 bits per heavy atom. The highest BCUT2D eigenvalue weighted by Gasteiger charge is 2.12. The molecule has 0 radical (unpaired) electrons. The minimum absolute atomic E-state index is 0.503. The molecule has 0 aliphatic carbocycles. The van der Waals surface area contributed by atoms with Crippen LogP contribution in [0.4, 0.5) is 0 Å². The Kier molecular flexibility index (Phi) is 4.41. The van der Waals surface area contributed by atoms with Gasteiger partial charge in [-0.15, -0.1) is 0 Å². The maximum Gasteiger partial charge on any atom is 0.158 e. The van der Waals surface area contributed by atoms with Crippen LogP contribution in [0.5, 0.6) is 11.5 Å². The quantitative estimate of drug-likeness (QED) is 0.333. The van der Waals surface area contributed by atoms with Crippen LogP contribution in [0.2, 0.25) is 5.02 Å². The number of nitrogens with zero attached hydrogens (tertiary/aromatic N) is 5. The van der Waals surface area contributed by atoms with E-state index in [9.17, 15) is 0 Å². The van der Waals surface area contributed by atoms with Crippen molar-refractivity contribution in [1.82, 2.24) is 24.6 Å². The number of pyridine rings is 1. The number of aromatic nitrogens is 5. The van der Waals surface area contributed by atoms with Gasteiger partial charge in [-0.05, 0) is 42.8 Å². The van der Waals surface area contributed by atoms with Gasteiger partial charge in [-0.25, -0.2) is 19.5 Å². The van der Waals surface area contributed by atoms with Gasteiger partial charge in [-0.1, -0.05) is 33.6 Å². The van der Waals surface area contributed by atoms with Crippen molar-refractivity contribution in [1.29, 1.82) is 0 Å². The van der Waals surface area contributed by atoms with Crippen LogP contribution in [-0.4, -0.2) is 24.6 Å². The maximum absolute atomic E-state index is 6.55. The van der Waals surface area contributed by atoms with Gasteiger partial charge in [0.15, 0.2) is 5.65 Å². The van der Waals surface area contributed by atoms with Gasteiger partial charge in [0, 0.05) is 33.4 Å². The van der Waals surface area contributed by atoms with Crippen LogP contribution in [-0.2, 0) is 0 Å². The number of hydrogen-bond acceptors (Lipinski definition) is 5. The lowest BCUT2D eigenvalue weighted by atomic mass is 10.0. The average Bonchev–Trinajstić information content (AvgIpc) is 3.17. The molecule has 3 heterocycles. The smallest absolute Gasteiger partial charge is 0.158 e. The molecule has 142 valence electrons. The Hall–Kier alpha value is -3.03. The first-order chi connectivity index (χ1) is 14.1. The van der Waals surface area contributed by atoms with E-state index in [4.69, 9.17) is 16.3 Å². The van der Waals surface area contributed by atoms with Crippen LogP contribution >= 0.6 is 27.5 Å². The molecule has 0 atom stereocenters. The Balaban J connectivity index is 1.55. The fraction of sp³-hybridized carbons (Fsp3) is 0.0476. The molecule has 5 rings (SSSR count). The molecular formula is C21H13BrClN5O. The fourth-order valence-corrected chi connectivity index (χ4v) is 3.89. The molecule has 3 aromatic heterocycles. The minimum atomic E-state index is 0.503. The molecule has 2 aromatic carbocycles. The highest BCUT2D eigenvalue weighted by atomic mass is 79.9. The summed E-state index contributed by atoms with van der Waals surface area (Å²) < 4.78 is 8.58. The van der Waals surface area contributed by atoms with Crippen LogP contribution in [0.3, 0.4) is 0 Å². The van der Waals surface area contributed by atoms with Crippen molar-refractivity contribution in [2.45, 2.75) is 6.92 Å². The van der Waals surface area contributed by atoms with E-state index in [2.05, 4.69) is 36.0 Å². The summed E-state index contributed by atoms with van der Waals surface area (Å²) >= 11 is 10.1. The number of halogens is 2. The number of rotatable bonds is 3. The third-order valence-corrected chi connectivity index (χ3v) is 5.38. The number of benzene rings is 2. The van der Waals surface area contributed by atoms with Crippen molar-refractivity contribution in [3.63, 3.8) is 0 Å². The van der Waals surface area contributed by atoms with Gasteiger partial charge in [0.25, 0.3) is 0 Å². The highest BCUT2D eigenvalue weighted by molar-refractivity contribution is 9.10. The summed E-state index contributed by atoms with van der Waals surface area (Å²) in [5.74, 6) is 1.20. The van der Waals surface area contributed by atoms with Crippen molar-refractivity contribution in [2.75, 3.05) is 0 Å². The van der Waals surface area contributed by atoms with Crippen LogP contribution in [0.25, 0.3) is 27.7 Å². The fourth-order valence-electron chi connectivity index (χ4n) is 3.22. The standard InChI is InChI=1S/C21H13BrClN5O/c1-12-16-7-14(22)8-17(21(16)26-10-24-12)13-2-3-19(18(23)6-13)29-15-4-5-28-20(9-15)25-11-27-28/h2-11H,1H3. The summed E-state index contributed by atoms with van der Waals surface area (Å²) in [6, 6.07) is 13.4. The lowest BCUT2D eigenvalue weighted by Crippen LogP contribution is -1.92. The molecule has 0 aliphatic rings. The van der Waals surface area contributed by atoms with Gasteiger partial charge < -0.3 is 4.74 Å². The topological polar surface area (TPSA) is 65.2 Å². The van der Waals surface area contributed by atoms with Crippen molar-refractivity contribution in [2.24, 2.45) is 0 Å². The summed E-state index contributed by atoms with van der Waals surface area (Å²) in [7, 11) is 0. The van der Waals surface area contributed by atoms with Crippen LogP contribution in [0, 0.1) is 6.92 Å². The first-order valence-corrected chi connectivity index (χ1v) is 9.93. The first-order valence-electron chi connectivity index (χ1n) is 8.76. The molecule has 0 saturated carbocycles. The predicted molar refractivity (Wildman–Crippen MR) is 115 cm³/mol. The van der Waals surface area contributed by atoms with Crippen molar-refractivity contribution >= 4 is 44.1 Å². The molecule has 0 amide bonds. The van der Waals surface area contributed by atoms with E-state index in [1.54, 1.807) is 23.1 Å². The number of fused-ring (bicyclic) bond motifs is 2. The largest absolute Gasteiger partial charge is 0.456 e. The van der Waals surface area contributed by atoms with E-state index in [-0.39, 0.29) is 0 Å². The van der Waals surface area contributed by atoms with Gasteiger partial charge in [0.1, 0.15) is 24.2 Å². The van der Waals surface area contributed by atoms with Crippen molar-refractivity contribution < 1.29 is 4.74 Å². The summed E-state index contributed by atoms with van der Waals surface area (Å²) in [4.78, 5) is 12.9. The Bertz CT molecular complexity index is 1380. The molecule has 0 aliphatic heterocycles. The molecule has 0 bridgehead atoms. The van der Waals surface area contributed by atoms with Gasteiger partial charge in [-0.3, -0.25) is 0 Å². The van der Waals surface area contributed by atoms with Gasteiger partial charge in [0.2, 0.25) is 0 Å². The van der Waals surface area contributed by atoms with E-state index >= 15 is 0 Å². The van der Waals surface area contributed by atoms with Crippen molar-refractivity contribution in [3.05, 3.63) is 76.5 Å². The normalized spacial score (nSPS) is 11.3. The molecule has 0 saturated heterocycles. The first kappa shape index (κ1) is 18.0. The zero-order valence-corrected chi connectivity index (χ0v) is 17.5. The van der Waals surface area contributed by atoms with Crippen LogP contribution < -0.4 is 4.74 Å². The summed E-state index contributed by atoms with van der Waals surface area (Å²) in [5.41, 5.74) is 4.42. The molecule has 0 spiro atoms. The zero-order chi connectivity index (χ0) is 20.0. The van der Waals surface area contributed by atoms with Crippen molar-refractivity contribution in [3.8, 4) is 22.6 Å². The molecule has 6 nitrogen and oxygen atoms in total. The van der Waals surface area contributed by atoms with E-state index in [0.717, 1.165) is 32.2 Å². The zero-order valence-electron chi connectivity index (χ0n) is 15.2. The number of hydrogen-bond donors (Lipinski definition) is 0. The summed E-state index contributed by atoms with van der Waals surface area (Å²) in [6.45, 7) is 1.97. The molecule has 0 unspecified atom stereocenters. The molecular weight excluding hydrogens is 454 g/mol. The van der Waals surface area contributed by atoms with Crippen LogP contribution in [0.15, 0.2) is 65.8 Å². The Labute approximate surface area is 179 Å². The third-order valence-electron chi connectivity index (χ3n) is 4.63. The number of ether oxygens (including phenoxy) is 1. The molecule has 0 fully saturated rings. The highest BCUT2D eigenvalue weighted by Crippen LogP contribution is 2.37. The maximum atomic E-state index is 6.55. The Morgan fingerprint density at radius 2 is 1.90 bits per heavy atom. The SMILES string of the molecule is Cc1ncnc2c(-c3ccc(Oc4ccn5ncnc5c4)c(Cl)c3)cc(Br)cc12. The Morgan fingerprint density at radius 1 is 1.00 bits per heavy atom. The van der Waals surface area contributed by atoms with E-state index in [0.29, 0.717) is 22.2 Å². The second kappa shape index (κ2) is 7.09. The van der Waals surface area contributed by atoms with Gasteiger partial charge >= 0.3 is 0 Å². The minimum Gasteiger partial charge on any atom is -0.456 e. The average molecular weight is 467 g/mol. The second-order valence-electron chi connectivity index (χ2n) is 6.48. The van der Waals surface area contributed by atoms with Gasteiger partial charge in [-0.2, -0.15) is 5.10 Å². The molecule has 5 aromatic rings. The van der Waals surface area contributed by atoms with Gasteiger partial charge in [0.05, 0.1) is 10.5 Å². The van der Waals surface area contributed by atoms with E-state index < -0.39 is 0 Å². The molecule has 8 heteroatoms.